The summed E-state index contributed by atoms with van der Waals surface area (Å²) >= 11 is 0. The quantitative estimate of drug-likeness (QED) is 0.913. The van der Waals surface area contributed by atoms with Crippen molar-refractivity contribution in [1.29, 1.82) is 0 Å². The molecule has 1 fully saturated rings. The second kappa shape index (κ2) is 6.09. The molecule has 0 saturated carbocycles. The average molecular weight is 298 g/mol. The lowest BCUT2D eigenvalue weighted by atomic mass is 9.95. The van der Waals surface area contributed by atoms with E-state index >= 15 is 0 Å². The zero-order valence-corrected chi connectivity index (χ0v) is 13.0. The topological polar surface area (TPSA) is 71.3 Å². The summed E-state index contributed by atoms with van der Waals surface area (Å²) in [6.07, 6.45) is -0.184. The highest BCUT2D eigenvalue weighted by atomic mass is 19.1. The van der Waals surface area contributed by atoms with Crippen LogP contribution in [0, 0.1) is 5.92 Å². The lowest BCUT2D eigenvalue weighted by molar-refractivity contribution is 0.0845. The number of nitrogens with zero attached hydrogens (tertiary/aromatic N) is 3. The number of piperidine rings is 1. The Bertz CT molecular complexity index is 497. The van der Waals surface area contributed by atoms with E-state index in [1.54, 1.807) is 0 Å². The molecule has 0 radical (unpaired) electrons. The second-order valence-electron chi connectivity index (χ2n) is 6.71. The van der Waals surface area contributed by atoms with Crippen molar-refractivity contribution in [2.45, 2.75) is 38.8 Å². The van der Waals surface area contributed by atoms with Gasteiger partial charge in [0.25, 0.3) is 11.7 Å². The van der Waals surface area contributed by atoms with Crippen LogP contribution < -0.4 is 5.32 Å². The third kappa shape index (κ3) is 4.00. The monoisotopic (exact) mass is 298 g/mol. The molecule has 0 unspecified atom stereocenters. The van der Waals surface area contributed by atoms with Crippen LogP contribution in [0.15, 0.2) is 4.52 Å². The Kier molecular flexibility index (Phi) is 4.61. The number of halogens is 1. The van der Waals surface area contributed by atoms with Crippen molar-refractivity contribution in [3.63, 3.8) is 0 Å². The maximum Gasteiger partial charge on any atom is 0.292 e. The molecular formula is C14H23FN4O2. The van der Waals surface area contributed by atoms with Crippen LogP contribution in [-0.2, 0) is 5.41 Å². The van der Waals surface area contributed by atoms with Crippen LogP contribution in [-0.4, -0.2) is 53.8 Å². The van der Waals surface area contributed by atoms with Crippen LogP contribution in [0.1, 0.15) is 43.7 Å². The number of rotatable bonds is 3. The van der Waals surface area contributed by atoms with E-state index in [0.717, 1.165) is 13.0 Å². The van der Waals surface area contributed by atoms with E-state index in [9.17, 15) is 9.18 Å². The van der Waals surface area contributed by atoms with E-state index in [0.29, 0.717) is 19.0 Å². The normalized spacial score (nSPS) is 24.0. The first-order chi connectivity index (χ1) is 9.77. The molecule has 0 bridgehead atoms. The van der Waals surface area contributed by atoms with Gasteiger partial charge in [-0.05, 0) is 20.0 Å². The molecule has 2 heterocycles. The van der Waals surface area contributed by atoms with Crippen molar-refractivity contribution in [3.05, 3.63) is 11.7 Å². The molecule has 1 aliphatic heterocycles. The Morgan fingerprint density at radius 3 is 2.81 bits per heavy atom. The third-order valence-corrected chi connectivity index (χ3v) is 3.67. The zero-order valence-electron chi connectivity index (χ0n) is 13.0. The number of likely N-dealkylation sites (tertiary alicyclic amines) is 1. The van der Waals surface area contributed by atoms with Crippen LogP contribution >= 0.6 is 0 Å². The van der Waals surface area contributed by atoms with E-state index in [-0.39, 0.29) is 17.2 Å². The van der Waals surface area contributed by atoms with Gasteiger partial charge in [-0.25, -0.2) is 4.39 Å². The molecule has 1 aromatic heterocycles. The maximum absolute atomic E-state index is 13.9. The smallest absolute Gasteiger partial charge is 0.292 e. The summed E-state index contributed by atoms with van der Waals surface area (Å²) in [5.74, 6) is -0.155. The largest absolute Gasteiger partial charge is 0.349 e. The van der Waals surface area contributed by atoms with Gasteiger partial charge in [0.1, 0.15) is 6.17 Å². The van der Waals surface area contributed by atoms with E-state index in [4.69, 9.17) is 4.52 Å². The highest BCUT2D eigenvalue weighted by Gasteiger charge is 2.29. The van der Waals surface area contributed by atoms with Crippen molar-refractivity contribution >= 4 is 5.91 Å². The first kappa shape index (κ1) is 15.9. The molecule has 1 saturated heterocycles. The molecular weight excluding hydrogens is 275 g/mol. The summed E-state index contributed by atoms with van der Waals surface area (Å²) < 4.78 is 18.9. The maximum atomic E-state index is 13.9. The number of carbonyl (C=O) groups excluding carboxylic acids is 1. The molecule has 0 aliphatic carbocycles. The summed E-state index contributed by atoms with van der Waals surface area (Å²) in [5.41, 5.74) is -0.302. The minimum atomic E-state index is -0.917. The van der Waals surface area contributed by atoms with Crippen molar-refractivity contribution in [1.82, 2.24) is 20.4 Å². The van der Waals surface area contributed by atoms with Gasteiger partial charge in [0, 0.05) is 24.4 Å². The summed E-state index contributed by atoms with van der Waals surface area (Å²) in [6, 6.07) is 0. The van der Waals surface area contributed by atoms with E-state index in [1.165, 1.54) is 0 Å². The van der Waals surface area contributed by atoms with E-state index < -0.39 is 12.1 Å². The summed E-state index contributed by atoms with van der Waals surface area (Å²) in [6.45, 7) is 7.33. The summed E-state index contributed by atoms with van der Waals surface area (Å²) in [4.78, 5) is 18.0. The third-order valence-electron chi connectivity index (χ3n) is 3.67. The Hall–Kier alpha value is -1.50. The van der Waals surface area contributed by atoms with Gasteiger partial charge in [0.05, 0.1) is 0 Å². The van der Waals surface area contributed by atoms with Crippen molar-refractivity contribution in [3.8, 4) is 0 Å². The van der Waals surface area contributed by atoms with Gasteiger partial charge in [-0.2, -0.15) is 4.98 Å². The van der Waals surface area contributed by atoms with Crippen LogP contribution in [0.3, 0.4) is 0 Å². The van der Waals surface area contributed by atoms with Crippen LogP contribution in [0.5, 0.6) is 0 Å². The Morgan fingerprint density at radius 2 is 2.24 bits per heavy atom. The Balaban J connectivity index is 1.89. The Morgan fingerprint density at radius 1 is 1.52 bits per heavy atom. The number of alkyl halides is 1. The zero-order chi connectivity index (χ0) is 15.6. The summed E-state index contributed by atoms with van der Waals surface area (Å²) in [5, 5.41) is 6.37. The number of aromatic nitrogens is 2. The van der Waals surface area contributed by atoms with Gasteiger partial charge in [-0.1, -0.05) is 25.9 Å². The van der Waals surface area contributed by atoms with Gasteiger partial charge in [-0.15, -0.1) is 0 Å². The minimum Gasteiger partial charge on any atom is -0.349 e. The molecule has 7 heteroatoms. The van der Waals surface area contributed by atoms with E-state index in [2.05, 4.69) is 15.5 Å². The van der Waals surface area contributed by atoms with Crippen LogP contribution in [0.25, 0.3) is 0 Å². The minimum absolute atomic E-state index is 0.00302. The molecule has 0 spiro atoms. The molecule has 118 valence electrons. The average Bonchev–Trinajstić information content (AvgIpc) is 2.87. The molecule has 1 aliphatic rings. The lowest BCUT2D eigenvalue weighted by Crippen LogP contribution is -2.44. The molecule has 0 aromatic carbocycles. The van der Waals surface area contributed by atoms with Gasteiger partial charge in [0.15, 0.2) is 0 Å². The summed E-state index contributed by atoms with van der Waals surface area (Å²) in [7, 11) is 1.90. The number of hydrogen-bond acceptors (Lipinski definition) is 5. The molecule has 1 N–H and O–H groups in total. The standard InChI is InChI=1S/C14H23FN4O2/c1-14(2,3)13-17-11(18-21-13)12(20)16-7-9-5-6-19(4)8-10(9)15/h9-10H,5-8H2,1-4H3,(H,16,20)/t9-,10-/m1/s1. The first-order valence-corrected chi connectivity index (χ1v) is 7.22. The fourth-order valence-corrected chi connectivity index (χ4v) is 2.26. The van der Waals surface area contributed by atoms with Gasteiger partial charge in [-0.3, -0.25) is 4.79 Å². The number of hydrogen-bond donors (Lipinski definition) is 1. The SMILES string of the molecule is CN1CC[C@H](CNC(=O)c2noc(C(C)(C)C)n2)[C@H](F)C1. The molecule has 1 amide bonds. The lowest BCUT2D eigenvalue weighted by Gasteiger charge is -2.32. The molecule has 6 nitrogen and oxygen atoms in total. The van der Waals surface area contributed by atoms with E-state index in [1.807, 2.05) is 32.7 Å². The predicted molar refractivity (Wildman–Crippen MR) is 75.8 cm³/mol. The highest BCUT2D eigenvalue weighted by molar-refractivity contribution is 5.90. The molecule has 21 heavy (non-hydrogen) atoms. The van der Waals surface area contributed by atoms with Gasteiger partial charge < -0.3 is 14.7 Å². The number of amides is 1. The number of carbonyl (C=O) groups is 1. The van der Waals surface area contributed by atoms with Gasteiger partial charge >= 0.3 is 0 Å². The number of nitrogens with one attached hydrogen (secondary N) is 1. The second-order valence-corrected chi connectivity index (χ2v) is 6.71. The fraction of sp³-hybridized carbons (Fsp3) is 0.786. The van der Waals surface area contributed by atoms with Crippen LogP contribution in [0.4, 0.5) is 4.39 Å². The van der Waals surface area contributed by atoms with Gasteiger partial charge in [0.2, 0.25) is 5.89 Å². The first-order valence-electron chi connectivity index (χ1n) is 7.22. The highest BCUT2D eigenvalue weighted by Crippen LogP contribution is 2.20. The van der Waals surface area contributed by atoms with Crippen molar-refractivity contribution in [2.75, 3.05) is 26.7 Å². The van der Waals surface area contributed by atoms with Crippen molar-refractivity contribution in [2.24, 2.45) is 5.92 Å². The fourth-order valence-electron chi connectivity index (χ4n) is 2.26. The molecule has 2 atom stereocenters. The molecule has 1 aromatic rings. The predicted octanol–water partition coefficient (Wildman–Crippen LogP) is 1.39. The Labute approximate surface area is 124 Å². The van der Waals surface area contributed by atoms with Crippen LogP contribution in [0.2, 0.25) is 0 Å². The van der Waals surface area contributed by atoms with Crippen molar-refractivity contribution < 1.29 is 13.7 Å². The molecule has 2 rings (SSSR count).